The molecular weight excluding hydrogens is 448 g/mol. The van der Waals surface area contributed by atoms with Crippen molar-refractivity contribution >= 4 is 22.8 Å². The second-order valence-electron chi connectivity index (χ2n) is 7.19. The first kappa shape index (κ1) is 22.3. The summed E-state index contributed by atoms with van der Waals surface area (Å²) in [6.07, 6.45) is 0. The summed E-state index contributed by atoms with van der Waals surface area (Å²) in [5, 5.41) is 0. The summed E-state index contributed by atoms with van der Waals surface area (Å²) in [6, 6.07) is 15.2. The van der Waals surface area contributed by atoms with Crippen LogP contribution in [-0.2, 0) is 17.8 Å². The lowest BCUT2D eigenvalue weighted by molar-refractivity contribution is -0.642. The lowest BCUT2D eigenvalue weighted by atomic mass is 10.1. The number of ether oxygens (including phenoxy) is 2. The van der Waals surface area contributed by atoms with Crippen LogP contribution in [0.1, 0.15) is 10.4 Å². The summed E-state index contributed by atoms with van der Waals surface area (Å²) in [5.74, 6) is 1.34. The van der Waals surface area contributed by atoms with Gasteiger partial charge in [0.2, 0.25) is 0 Å². The van der Waals surface area contributed by atoms with Gasteiger partial charge in [0.05, 0.1) is 26.9 Å². The minimum atomic E-state index is 0. The summed E-state index contributed by atoms with van der Waals surface area (Å²) < 4.78 is 14.6. The van der Waals surface area contributed by atoms with Crippen LogP contribution in [0.2, 0.25) is 0 Å². The number of methoxy groups -OCH3 is 1. The van der Waals surface area contributed by atoms with Crippen LogP contribution >= 0.6 is 0 Å². The molecule has 0 radical (unpaired) electrons. The Kier molecular flexibility index (Phi) is 7.47. The maximum Gasteiger partial charge on any atom is 0.356 e. The number of para-hydroxylation sites is 2. The van der Waals surface area contributed by atoms with E-state index in [4.69, 9.17) is 15.2 Å². The van der Waals surface area contributed by atoms with Gasteiger partial charge in [-0.2, -0.15) is 0 Å². The molecular formula is C22H27BrN4O3. The Morgan fingerprint density at radius 3 is 2.50 bits per heavy atom. The fourth-order valence-corrected chi connectivity index (χ4v) is 3.79. The van der Waals surface area contributed by atoms with E-state index in [2.05, 4.69) is 15.5 Å². The number of morpholine rings is 1. The van der Waals surface area contributed by atoms with Crippen molar-refractivity contribution < 1.29 is 35.8 Å². The van der Waals surface area contributed by atoms with Gasteiger partial charge < -0.3 is 26.5 Å². The molecule has 2 heterocycles. The average molecular weight is 475 g/mol. The Bertz CT molecular complexity index is 998. The van der Waals surface area contributed by atoms with Gasteiger partial charge in [0.15, 0.2) is 5.78 Å². The Hall–Kier alpha value is -2.42. The van der Waals surface area contributed by atoms with Crippen LogP contribution in [-0.4, -0.2) is 55.2 Å². The van der Waals surface area contributed by atoms with E-state index in [1.165, 1.54) is 0 Å². The van der Waals surface area contributed by atoms with Crippen molar-refractivity contribution in [2.75, 3.05) is 45.7 Å². The van der Waals surface area contributed by atoms with Crippen LogP contribution < -0.4 is 32.0 Å². The SMILES string of the molecule is COc1ccc(C(=O)C[n+]2c(N)n(CCN3CCOCC3)c3ccccc32)cc1.[Br-]. The molecule has 30 heavy (non-hydrogen) atoms. The molecule has 8 heteroatoms. The number of Topliss-reactive ketones (excluding diaryl/α,β-unsaturated/α-hetero) is 1. The van der Waals surface area contributed by atoms with Gasteiger partial charge in [-0.1, -0.05) is 12.1 Å². The van der Waals surface area contributed by atoms with Crippen molar-refractivity contribution in [1.29, 1.82) is 0 Å². The highest BCUT2D eigenvalue weighted by Gasteiger charge is 2.23. The number of benzene rings is 2. The Morgan fingerprint density at radius 1 is 1.10 bits per heavy atom. The second kappa shape index (κ2) is 10.1. The van der Waals surface area contributed by atoms with Crippen LogP contribution in [0, 0.1) is 0 Å². The van der Waals surface area contributed by atoms with Crippen molar-refractivity contribution in [3.63, 3.8) is 0 Å². The number of hydrogen-bond acceptors (Lipinski definition) is 5. The number of aromatic nitrogens is 2. The molecule has 0 atom stereocenters. The van der Waals surface area contributed by atoms with E-state index in [0.29, 0.717) is 11.5 Å². The van der Waals surface area contributed by atoms with Crippen LogP contribution in [0.4, 0.5) is 5.95 Å². The molecule has 1 aromatic heterocycles. The minimum Gasteiger partial charge on any atom is -1.00 e. The van der Waals surface area contributed by atoms with E-state index in [0.717, 1.165) is 56.2 Å². The van der Waals surface area contributed by atoms with Gasteiger partial charge in [0.25, 0.3) is 0 Å². The monoisotopic (exact) mass is 474 g/mol. The average Bonchev–Trinajstić information content (AvgIpc) is 3.04. The van der Waals surface area contributed by atoms with Crippen molar-refractivity contribution in [2.24, 2.45) is 0 Å². The summed E-state index contributed by atoms with van der Waals surface area (Å²) >= 11 is 0. The molecule has 0 bridgehead atoms. The molecule has 1 fully saturated rings. The summed E-state index contributed by atoms with van der Waals surface area (Å²) in [5.41, 5.74) is 9.16. The number of nitrogens with two attached hydrogens (primary N) is 1. The van der Waals surface area contributed by atoms with Gasteiger partial charge in [0, 0.05) is 25.2 Å². The predicted octanol–water partition coefficient (Wildman–Crippen LogP) is -1.26. The number of carbonyl (C=O) groups excluding carboxylic acids is 1. The number of fused-ring (bicyclic) bond motifs is 1. The molecule has 1 saturated heterocycles. The van der Waals surface area contributed by atoms with Gasteiger partial charge in [-0.25, -0.2) is 9.13 Å². The third-order valence-electron chi connectivity index (χ3n) is 5.47. The van der Waals surface area contributed by atoms with Gasteiger partial charge in [-0.05, 0) is 36.4 Å². The zero-order chi connectivity index (χ0) is 20.2. The molecule has 7 nitrogen and oxygen atoms in total. The molecule has 0 aliphatic carbocycles. The largest absolute Gasteiger partial charge is 1.00 e. The Balaban J connectivity index is 0.00000256. The predicted molar refractivity (Wildman–Crippen MR) is 111 cm³/mol. The van der Waals surface area contributed by atoms with E-state index < -0.39 is 0 Å². The molecule has 0 unspecified atom stereocenters. The standard InChI is InChI=1S/C22H26N4O3.BrH/c1-28-18-8-6-17(7-9-18)21(27)16-26-20-5-3-2-4-19(20)25(22(26)23)11-10-24-12-14-29-15-13-24;/h2-9,23H,10-16H2,1H3;1H. The molecule has 0 saturated carbocycles. The number of rotatable bonds is 7. The van der Waals surface area contributed by atoms with Crippen LogP contribution in [0.25, 0.3) is 11.0 Å². The number of nitrogens with zero attached hydrogens (tertiary/aromatic N) is 3. The van der Waals surface area contributed by atoms with Gasteiger partial charge in [0.1, 0.15) is 23.3 Å². The van der Waals surface area contributed by atoms with Gasteiger partial charge in [-0.3, -0.25) is 15.4 Å². The zero-order valence-electron chi connectivity index (χ0n) is 17.1. The molecule has 1 aliphatic rings. The summed E-state index contributed by atoms with van der Waals surface area (Å²) in [6.45, 7) is 5.30. The van der Waals surface area contributed by atoms with Crippen molar-refractivity contribution in [3.05, 3.63) is 54.1 Å². The van der Waals surface area contributed by atoms with Gasteiger partial charge in [-0.15, -0.1) is 0 Å². The second-order valence-corrected chi connectivity index (χ2v) is 7.19. The number of nitrogen functional groups attached to an aromatic ring is 1. The quantitative estimate of drug-likeness (QED) is 0.341. The number of hydrogen-bond donors (Lipinski definition) is 1. The highest BCUT2D eigenvalue weighted by atomic mass is 79.9. The lowest BCUT2D eigenvalue weighted by Gasteiger charge is -2.25. The molecule has 0 spiro atoms. The first-order valence-electron chi connectivity index (χ1n) is 9.91. The smallest absolute Gasteiger partial charge is 0.356 e. The number of anilines is 1. The Morgan fingerprint density at radius 2 is 1.80 bits per heavy atom. The fourth-order valence-electron chi connectivity index (χ4n) is 3.79. The van der Waals surface area contributed by atoms with Crippen LogP contribution in [0.5, 0.6) is 5.75 Å². The Labute approximate surface area is 186 Å². The highest BCUT2D eigenvalue weighted by molar-refractivity contribution is 5.95. The highest BCUT2D eigenvalue weighted by Crippen LogP contribution is 2.17. The molecule has 3 aromatic rings. The molecule has 2 N–H and O–H groups in total. The molecule has 2 aromatic carbocycles. The maximum atomic E-state index is 12.9. The van der Waals surface area contributed by atoms with E-state index in [-0.39, 0.29) is 29.3 Å². The van der Waals surface area contributed by atoms with Crippen molar-refractivity contribution in [2.45, 2.75) is 13.1 Å². The van der Waals surface area contributed by atoms with E-state index in [9.17, 15) is 4.79 Å². The van der Waals surface area contributed by atoms with Crippen LogP contribution in [0.3, 0.4) is 0 Å². The molecule has 4 rings (SSSR count). The van der Waals surface area contributed by atoms with E-state index in [1.807, 2.05) is 22.8 Å². The first-order chi connectivity index (χ1) is 14.2. The number of halogens is 1. The third-order valence-corrected chi connectivity index (χ3v) is 5.47. The lowest BCUT2D eigenvalue weighted by Crippen LogP contribution is -3.00. The van der Waals surface area contributed by atoms with E-state index in [1.54, 1.807) is 31.4 Å². The molecule has 0 amide bonds. The molecule has 160 valence electrons. The van der Waals surface area contributed by atoms with Crippen molar-refractivity contribution in [1.82, 2.24) is 9.47 Å². The molecule has 1 aliphatic heterocycles. The zero-order valence-corrected chi connectivity index (χ0v) is 18.7. The van der Waals surface area contributed by atoms with E-state index >= 15 is 0 Å². The minimum absolute atomic E-state index is 0. The summed E-state index contributed by atoms with van der Waals surface area (Å²) in [7, 11) is 1.61. The number of ketones is 1. The fraction of sp³-hybridized carbons (Fsp3) is 0.364. The number of imidazole rings is 1. The van der Waals surface area contributed by atoms with Crippen molar-refractivity contribution in [3.8, 4) is 5.75 Å². The first-order valence-corrected chi connectivity index (χ1v) is 9.91. The normalized spacial score (nSPS) is 14.4. The number of carbonyl (C=O) groups is 1. The van der Waals surface area contributed by atoms with Crippen LogP contribution in [0.15, 0.2) is 48.5 Å². The maximum absolute atomic E-state index is 12.9. The van der Waals surface area contributed by atoms with Gasteiger partial charge >= 0.3 is 5.95 Å². The topological polar surface area (TPSA) is 73.6 Å². The summed E-state index contributed by atoms with van der Waals surface area (Å²) in [4.78, 5) is 15.3. The third kappa shape index (κ3) is 4.66.